The number of hydrogen-bond donors (Lipinski definition) is 0. The van der Waals surface area contributed by atoms with Gasteiger partial charge in [-0.25, -0.2) is 8.42 Å². The van der Waals surface area contributed by atoms with E-state index in [4.69, 9.17) is 4.74 Å². The first-order valence-corrected chi connectivity index (χ1v) is 9.53. The van der Waals surface area contributed by atoms with Gasteiger partial charge >= 0.3 is 0 Å². The molecule has 0 saturated heterocycles. The fourth-order valence-corrected chi connectivity index (χ4v) is 5.01. The highest BCUT2D eigenvalue weighted by Gasteiger charge is 2.29. The summed E-state index contributed by atoms with van der Waals surface area (Å²) in [6.07, 6.45) is 4.33. The van der Waals surface area contributed by atoms with Gasteiger partial charge in [-0.05, 0) is 47.0 Å². The molecule has 6 heteroatoms. The van der Waals surface area contributed by atoms with E-state index in [0.717, 1.165) is 19.3 Å². The van der Waals surface area contributed by atoms with Crippen molar-refractivity contribution in [1.29, 1.82) is 0 Å². The van der Waals surface area contributed by atoms with Crippen LogP contribution in [0.5, 0.6) is 5.75 Å². The molecule has 0 aliphatic heterocycles. The lowest BCUT2D eigenvalue weighted by Crippen LogP contribution is -2.29. The summed E-state index contributed by atoms with van der Waals surface area (Å²) < 4.78 is 30.4. The molecule has 4 nitrogen and oxygen atoms in total. The van der Waals surface area contributed by atoms with E-state index < -0.39 is 15.6 Å². The summed E-state index contributed by atoms with van der Waals surface area (Å²) in [6, 6.07) is 4.87. The Morgan fingerprint density at radius 3 is 2.52 bits per heavy atom. The van der Waals surface area contributed by atoms with Gasteiger partial charge in [0.2, 0.25) is 0 Å². The number of rotatable bonds is 5. The smallest absolute Gasteiger partial charge is 0.177 e. The van der Waals surface area contributed by atoms with Crippen LogP contribution >= 0.6 is 15.9 Å². The van der Waals surface area contributed by atoms with E-state index in [1.807, 2.05) is 0 Å². The first-order valence-electron chi connectivity index (χ1n) is 7.02. The van der Waals surface area contributed by atoms with Crippen molar-refractivity contribution in [2.24, 2.45) is 0 Å². The molecule has 0 aromatic heterocycles. The molecule has 0 unspecified atom stereocenters. The highest BCUT2D eigenvalue weighted by Crippen LogP contribution is 2.27. The van der Waals surface area contributed by atoms with Crippen LogP contribution in [0.15, 0.2) is 22.7 Å². The molecule has 1 aliphatic rings. The van der Waals surface area contributed by atoms with Crippen LogP contribution in [0.3, 0.4) is 0 Å². The zero-order chi connectivity index (χ0) is 15.5. The van der Waals surface area contributed by atoms with Gasteiger partial charge in [0.05, 0.1) is 16.8 Å². The van der Waals surface area contributed by atoms with Crippen molar-refractivity contribution in [2.45, 2.75) is 37.4 Å². The number of benzene rings is 1. The average molecular weight is 375 g/mol. The lowest BCUT2D eigenvalue weighted by atomic mass is 10.0. The number of halogens is 1. The van der Waals surface area contributed by atoms with Crippen LogP contribution in [-0.2, 0) is 9.84 Å². The maximum absolute atomic E-state index is 12.3. The maximum Gasteiger partial charge on any atom is 0.177 e. The minimum absolute atomic E-state index is 0.350. The van der Waals surface area contributed by atoms with E-state index in [0.29, 0.717) is 28.6 Å². The lowest BCUT2D eigenvalue weighted by molar-refractivity contribution is 0.102. The third kappa shape index (κ3) is 4.07. The zero-order valence-corrected chi connectivity index (χ0v) is 14.4. The average Bonchev–Trinajstić information content (AvgIpc) is 2.47. The van der Waals surface area contributed by atoms with E-state index in [2.05, 4.69) is 15.9 Å². The summed E-state index contributed by atoms with van der Waals surface area (Å²) in [5.41, 5.74) is 0.391. The van der Waals surface area contributed by atoms with Crippen molar-refractivity contribution < 1.29 is 17.9 Å². The van der Waals surface area contributed by atoms with E-state index in [1.165, 1.54) is 7.11 Å². The van der Waals surface area contributed by atoms with Crippen LogP contribution in [0.25, 0.3) is 0 Å². The van der Waals surface area contributed by atoms with Gasteiger partial charge in [-0.2, -0.15) is 0 Å². The quantitative estimate of drug-likeness (QED) is 0.741. The normalized spacial score (nSPS) is 16.7. The first kappa shape index (κ1) is 16.5. The van der Waals surface area contributed by atoms with Crippen molar-refractivity contribution >= 4 is 31.6 Å². The number of ketones is 1. The molecule has 1 aliphatic carbocycles. The number of ether oxygens (including phenoxy) is 1. The van der Waals surface area contributed by atoms with Crippen molar-refractivity contribution in [3.8, 4) is 5.75 Å². The number of carbonyl (C=O) groups is 1. The summed E-state index contributed by atoms with van der Waals surface area (Å²) in [5.74, 6) is -0.151. The largest absolute Gasteiger partial charge is 0.496 e. The van der Waals surface area contributed by atoms with Gasteiger partial charge in [-0.15, -0.1) is 0 Å². The van der Waals surface area contributed by atoms with Gasteiger partial charge < -0.3 is 4.74 Å². The SMILES string of the molecule is COc1ccc(C(=O)CS(=O)(=O)C2CCCCC2)cc1Br. The molecule has 116 valence electrons. The summed E-state index contributed by atoms with van der Waals surface area (Å²) in [4.78, 5) is 12.2. The number of Topliss-reactive ketones (excluding diaryl/α,β-unsaturated/α-hetero) is 1. The minimum Gasteiger partial charge on any atom is -0.496 e. The first-order chi connectivity index (χ1) is 9.94. The van der Waals surface area contributed by atoms with Crippen molar-refractivity contribution in [3.63, 3.8) is 0 Å². The standard InChI is InChI=1S/C15H19BrO4S/c1-20-15-8-7-11(9-13(15)16)14(17)10-21(18,19)12-5-3-2-4-6-12/h7-9,12H,2-6,10H2,1H3. The summed E-state index contributed by atoms with van der Waals surface area (Å²) in [7, 11) is -1.82. The monoisotopic (exact) mass is 374 g/mol. The van der Waals surface area contributed by atoms with E-state index in [9.17, 15) is 13.2 Å². The van der Waals surface area contributed by atoms with Crippen molar-refractivity contribution in [1.82, 2.24) is 0 Å². The Balaban J connectivity index is 2.11. The van der Waals surface area contributed by atoms with Crippen molar-refractivity contribution in [3.05, 3.63) is 28.2 Å². The van der Waals surface area contributed by atoms with Gasteiger partial charge in [-0.1, -0.05) is 19.3 Å². The topological polar surface area (TPSA) is 60.4 Å². The summed E-state index contributed by atoms with van der Waals surface area (Å²) in [6.45, 7) is 0. The van der Waals surface area contributed by atoms with Gasteiger partial charge in [0.25, 0.3) is 0 Å². The second kappa shape index (κ2) is 6.92. The molecule has 0 heterocycles. The Hall–Kier alpha value is -0.880. The molecule has 0 atom stereocenters. The summed E-state index contributed by atoms with van der Waals surface area (Å²) in [5, 5.41) is -0.350. The Morgan fingerprint density at radius 1 is 1.29 bits per heavy atom. The molecule has 1 fully saturated rings. The molecular weight excluding hydrogens is 356 g/mol. The van der Waals surface area contributed by atoms with Gasteiger partial charge in [0.1, 0.15) is 11.5 Å². The highest BCUT2D eigenvalue weighted by molar-refractivity contribution is 9.10. The van der Waals surface area contributed by atoms with E-state index in [1.54, 1.807) is 18.2 Å². The fourth-order valence-electron chi connectivity index (χ4n) is 2.65. The maximum atomic E-state index is 12.3. The fraction of sp³-hybridized carbons (Fsp3) is 0.533. The number of hydrogen-bond acceptors (Lipinski definition) is 4. The van der Waals surface area contributed by atoms with Crippen LogP contribution in [0.1, 0.15) is 42.5 Å². The highest BCUT2D eigenvalue weighted by atomic mass is 79.9. The van der Waals surface area contributed by atoms with Gasteiger partial charge in [-0.3, -0.25) is 4.79 Å². The number of methoxy groups -OCH3 is 1. The van der Waals surface area contributed by atoms with Crippen LogP contribution in [0.4, 0.5) is 0 Å². The minimum atomic E-state index is -3.36. The molecule has 0 spiro atoms. The van der Waals surface area contributed by atoms with Gasteiger partial charge in [0, 0.05) is 5.56 Å². The predicted molar refractivity (Wildman–Crippen MR) is 85.7 cm³/mol. The lowest BCUT2D eigenvalue weighted by Gasteiger charge is -2.21. The molecule has 21 heavy (non-hydrogen) atoms. The third-order valence-electron chi connectivity index (χ3n) is 3.87. The Labute approximate surface area is 133 Å². The Morgan fingerprint density at radius 2 is 1.95 bits per heavy atom. The van der Waals surface area contributed by atoms with Crippen LogP contribution in [-0.4, -0.2) is 32.3 Å². The van der Waals surface area contributed by atoms with Crippen LogP contribution in [0, 0.1) is 0 Å². The summed E-state index contributed by atoms with van der Waals surface area (Å²) >= 11 is 3.31. The second-order valence-corrected chi connectivity index (χ2v) is 8.48. The predicted octanol–water partition coefficient (Wildman–Crippen LogP) is 3.39. The molecule has 0 N–H and O–H groups in total. The van der Waals surface area contributed by atoms with E-state index >= 15 is 0 Å². The molecule has 2 rings (SSSR count). The van der Waals surface area contributed by atoms with Crippen LogP contribution < -0.4 is 4.74 Å². The second-order valence-electron chi connectivity index (χ2n) is 5.34. The molecule has 0 amide bonds. The molecule has 0 radical (unpaired) electrons. The van der Waals surface area contributed by atoms with Crippen molar-refractivity contribution in [2.75, 3.05) is 12.9 Å². The number of carbonyl (C=O) groups excluding carboxylic acids is 1. The van der Waals surface area contributed by atoms with Gasteiger partial charge in [0.15, 0.2) is 15.6 Å². The third-order valence-corrected chi connectivity index (χ3v) is 6.64. The molecular formula is C15H19BrO4S. The zero-order valence-electron chi connectivity index (χ0n) is 12.0. The number of sulfone groups is 1. The Bertz CT molecular complexity index is 619. The van der Waals surface area contributed by atoms with Crippen LogP contribution in [0.2, 0.25) is 0 Å². The Kier molecular flexibility index (Phi) is 5.43. The molecule has 1 saturated carbocycles. The van der Waals surface area contributed by atoms with E-state index in [-0.39, 0.29) is 11.0 Å². The molecule has 0 bridgehead atoms. The molecule has 1 aromatic carbocycles. The molecule has 1 aromatic rings.